The van der Waals surface area contributed by atoms with Crippen LogP contribution < -0.4 is 9.80 Å². The molecule has 1 fully saturated rings. The third-order valence-corrected chi connectivity index (χ3v) is 8.86. The third-order valence-electron chi connectivity index (χ3n) is 8.00. The van der Waals surface area contributed by atoms with Crippen LogP contribution in [0.15, 0.2) is 41.8 Å². The molecule has 0 bridgehead atoms. The number of methoxy groups -OCH3 is 1. The molecule has 8 heteroatoms. The van der Waals surface area contributed by atoms with Gasteiger partial charge in [-0.1, -0.05) is 19.1 Å². The summed E-state index contributed by atoms with van der Waals surface area (Å²) in [6, 6.07) is 11.7. The van der Waals surface area contributed by atoms with Gasteiger partial charge >= 0.3 is 5.97 Å². The molecule has 1 saturated heterocycles. The van der Waals surface area contributed by atoms with E-state index in [2.05, 4.69) is 34.1 Å². The number of amides is 1. The monoisotopic (exact) mass is 523 g/mol. The molecule has 0 radical (unpaired) electrons. The maximum absolute atomic E-state index is 14.2. The highest BCUT2D eigenvalue weighted by molar-refractivity contribution is 7.17. The lowest BCUT2D eigenvalue weighted by molar-refractivity contribution is -0.148. The van der Waals surface area contributed by atoms with Gasteiger partial charge in [-0.3, -0.25) is 14.6 Å². The minimum Gasteiger partial charge on any atom is -0.467 e. The Labute approximate surface area is 221 Å². The fourth-order valence-corrected chi connectivity index (χ4v) is 6.44. The number of carbonyl (C=O) groups is 2. The quantitative estimate of drug-likeness (QED) is 0.407. The first kappa shape index (κ1) is 25.7. The maximum Gasteiger partial charge on any atom is 0.331 e. The highest BCUT2D eigenvalue weighted by Crippen LogP contribution is 2.37. The zero-order chi connectivity index (χ0) is 26.2. The van der Waals surface area contributed by atoms with Crippen molar-refractivity contribution in [3.05, 3.63) is 58.7 Å². The Kier molecular flexibility index (Phi) is 7.23. The molecule has 2 aromatic carbocycles. The van der Waals surface area contributed by atoms with E-state index in [0.29, 0.717) is 19.3 Å². The van der Waals surface area contributed by atoms with E-state index in [-0.39, 0.29) is 11.7 Å². The molecule has 0 saturated carbocycles. The van der Waals surface area contributed by atoms with Crippen LogP contribution in [0.5, 0.6) is 0 Å². The van der Waals surface area contributed by atoms with E-state index in [1.807, 2.05) is 12.3 Å². The topological polar surface area (TPSA) is 53.1 Å². The molecule has 3 aromatic rings. The van der Waals surface area contributed by atoms with Gasteiger partial charge in [-0.05, 0) is 67.0 Å². The van der Waals surface area contributed by atoms with E-state index >= 15 is 0 Å². The van der Waals surface area contributed by atoms with Crippen molar-refractivity contribution in [1.82, 2.24) is 4.90 Å². The minimum atomic E-state index is -1.03. The second-order valence-corrected chi connectivity index (χ2v) is 11.1. The molecule has 6 nitrogen and oxygen atoms in total. The second-order valence-electron chi connectivity index (χ2n) is 10.1. The third kappa shape index (κ3) is 4.84. The number of rotatable bonds is 7. The van der Waals surface area contributed by atoms with Crippen LogP contribution in [-0.4, -0.2) is 62.1 Å². The number of hydrogen-bond acceptors (Lipinski definition) is 6. The van der Waals surface area contributed by atoms with Gasteiger partial charge in [-0.15, -0.1) is 11.3 Å². The smallest absolute Gasteiger partial charge is 0.331 e. The van der Waals surface area contributed by atoms with Crippen LogP contribution in [-0.2, 0) is 27.2 Å². The van der Waals surface area contributed by atoms with Crippen LogP contribution in [0, 0.1) is 5.82 Å². The Bertz CT molecular complexity index is 1320. The number of nitrogens with zero attached hydrogens (tertiary/aromatic N) is 3. The largest absolute Gasteiger partial charge is 0.467 e. The van der Waals surface area contributed by atoms with E-state index in [0.717, 1.165) is 71.7 Å². The van der Waals surface area contributed by atoms with Gasteiger partial charge in [0.2, 0.25) is 5.91 Å². The summed E-state index contributed by atoms with van der Waals surface area (Å²) >= 11 is 1.57. The van der Waals surface area contributed by atoms with Crippen LogP contribution in [0.4, 0.5) is 15.8 Å². The molecule has 0 spiro atoms. The van der Waals surface area contributed by atoms with Crippen molar-refractivity contribution >= 4 is 44.7 Å². The first-order valence-electron chi connectivity index (χ1n) is 13.0. The summed E-state index contributed by atoms with van der Waals surface area (Å²) < 4.78 is 20.2. The van der Waals surface area contributed by atoms with Crippen LogP contribution in [0.1, 0.15) is 37.8 Å². The lowest BCUT2D eigenvalue weighted by Crippen LogP contribution is -2.57. The molecular formula is C29H34FN3O3S. The lowest BCUT2D eigenvalue weighted by atomic mass is 9.89. The molecule has 1 aromatic heterocycles. The number of ether oxygens (including phenoxy) is 1. The van der Waals surface area contributed by atoms with Gasteiger partial charge in [0.05, 0.1) is 7.11 Å². The van der Waals surface area contributed by atoms with E-state index < -0.39 is 11.5 Å². The number of thiophene rings is 1. The van der Waals surface area contributed by atoms with Crippen molar-refractivity contribution in [1.29, 1.82) is 0 Å². The number of hydrogen-bond donors (Lipinski definition) is 0. The zero-order valence-electron chi connectivity index (χ0n) is 21.8. The average Bonchev–Trinajstić information content (AvgIpc) is 3.39. The molecule has 2 aliphatic heterocycles. The summed E-state index contributed by atoms with van der Waals surface area (Å²) in [5.41, 5.74) is 3.03. The molecular weight excluding hydrogens is 489 g/mol. The summed E-state index contributed by atoms with van der Waals surface area (Å²) in [6.07, 6.45) is 2.41. The summed E-state index contributed by atoms with van der Waals surface area (Å²) in [5, 5.41) is 3.14. The number of carbonyl (C=O) groups excluding carboxylic acids is 2. The lowest BCUT2D eigenvalue weighted by Gasteiger charge is -2.41. The number of aryl methyl sites for hydroxylation is 1. The van der Waals surface area contributed by atoms with Crippen LogP contribution in [0.25, 0.3) is 10.1 Å². The summed E-state index contributed by atoms with van der Waals surface area (Å²) in [4.78, 5) is 32.1. The predicted molar refractivity (Wildman–Crippen MR) is 147 cm³/mol. The summed E-state index contributed by atoms with van der Waals surface area (Å²) in [7, 11) is 1.37. The van der Waals surface area contributed by atoms with Gasteiger partial charge < -0.3 is 9.64 Å². The van der Waals surface area contributed by atoms with Crippen molar-refractivity contribution in [2.24, 2.45) is 0 Å². The van der Waals surface area contributed by atoms with Gasteiger partial charge in [0, 0.05) is 60.6 Å². The van der Waals surface area contributed by atoms with Crippen molar-refractivity contribution in [2.45, 2.75) is 45.1 Å². The summed E-state index contributed by atoms with van der Waals surface area (Å²) in [5.74, 6) is -0.608. The highest BCUT2D eigenvalue weighted by Gasteiger charge is 2.44. The SMILES string of the molecule is CCC(C)(C(=O)OC)N1C(=O)CCc2ccc(CCN3CCN(c4cc(F)cc5sccc45)CC3)cc21. The Morgan fingerprint density at radius 3 is 2.59 bits per heavy atom. The number of benzene rings is 2. The standard InChI is InChI=1S/C29H34FN3O3S/c1-4-29(2,28(35)36-3)33-24-17-20(5-6-21(24)7-8-27(33)34)9-11-31-12-14-32(15-13-31)25-18-22(30)19-26-23(25)10-16-37-26/h5-6,10,16-19H,4,7-9,11-15H2,1-3H3. The normalized spacial score (nSPS) is 18.1. The zero-order valence-corrected chi connectivity index (χ0v) is 22.6. The van der Waals surface area contributed by atoms with Gasteiger partial charge in [-0.2, -0.15) is 0 Å². The van der Waals surface area contributed by atoms with Crippen molar-refractivity contribution in [2.75, 3.05) is 49.6 Å². The van der Waals surface area contributed by atoms with Crippen molar-refractivity contribution in [3.63, 3.8) is 0 Å². The Morgan fingerprint density at radius 1 is 1.08 bits per heavy atom. The van der Waals surface area contributed by atoms with Crippen molar-refractivity contribution < 1.29 is 18.7 Å². The van der Waals surface area contributed by atoms with Crippen molar-refractivity contribution in [3.8, 4) is 0 Å². The fourth-order valence-electron chi connectivity index (χ4n) is 5.61. The highest BCUT2D eigenvalue weighted by atomic mass is 32.1. The van der Waals surface area contributed by atoms with Gasteiger partial charge in [0.1, 0.15) is 11.4 Å². The average molecular weight is 524 g/mol. The molecule has 1 atom stereocenters. The van der Waals surface area contributed by atoms with E-state index in [1.165, 1.54) is 7.11 Å². The first-order valence-corrected chi connectivity index (χ1v) is 13.9. The first-order chi connectivity index (χ1) is 17.8. The number of piperazine rings is 1. The Balaban J connectivity index is 1.27. The Morgan fingerprint density at radius 2 is 1.86 bits per heavy atom. The number of esters is 1. The van der Waals surface area contributed by atoms with E-state index in [4.69, 9.17) is 4.74 Å². The fraction of sp³-hybridized carbons (Fsp3) is 0.448. The Hall–Kier alpha value is -2.97. The summed E-state index contributed by atoms with van der Waals surface area (Å²) in [6.45, 7) is 8.14. The van der Waals surface area contributed by atoms with E-state index in [9.17, 15) is 14.0 Å². The molecule has 1 unspecified atom stereocenters. The number of anilines is 2. The second kappa shape index (κ2) is 10.4. The molecule has 0 aliphatic carbocycles. The van der Waals surface area contributed by atoms with Crippen LogP contribution in [0.3, 0.4) is 0 Å². The van der Waals surface area contributed by atoms with Gasteiger partial charge in [0.15, 0.2) is 0 Å². The molecule has 2 aliphatic rings. The maximum atomic E-state index is 14.2. The van der Waals surface area contributed by atoms with Crippen LogP contribution >= 0.6 is 11.3 Å². The number of fused-ring (bicyclic) bond motifs is 2. The molecule has 37 heavy (non-hydrogen) atoms. The molecule has 5 rings (SSSR count). The van der Waals surface area contributed by atoms with Crippen LogP contribution in [0.2, 0.25) is 0 Å². The minimum absolute atomic E-state index is 0.0346. The van der Waals surface area contributed by atoms with Gasteiger partial charge in [-0.25, -0.2) is 9.18 Å². The molecule has 0 N–H and O–H groups in total. The van der Waals surface area contributed by atoms with E-state index in [1.54, 1.807) is 35.3 Å². The van der Waals surface area contributed by atoms with Gasteiger partial charge in [0.25, 0.3) is 0 Å². The molecule has 1 amide bonds. The number of halogens is 1. The molecule has 3 heterocycles. The predicted octanol–water partition coefficient (Wildman–Crippen LogP) is 5.03. The molecule has 196 valence electrons.